The second-order valence-electron chi connectivity index (χ2n) is 5.92. The molecule has 0 unspecified atom stereocenters. The average molecular weight is 270 g/mol. The first-order chi connectivity index (χ1) is 8.74. The maximum absolute atomic E-state index is 12.3. The predicted octanol–water partition coefficient (Wildman–Crippen LogP) is -0.793. The van der Waals surface area contributed by atoms with Gasteiger partial charge in [-0.2, -0.15) is 0 Å². The Labute approximate surface area is 112 Å². The van der Waals surface area contributed by atoms with Crippen molar-refractivity contribution in [3.05, 3.63) is 12.2 Å². The summed E-state index contributed by atoms with van der Waals surface area (Å²) in [5.74, 6) is -2.01. The maximum atomic E-state index is 12.3. The molecule has 0 aromatic rings. The number of hydrogen-bond donors (Lipinski definition) is 3. The second kappa shape index (κ2) is 4.86. The Balaban J connectivity index is 2.16. The lowest BCUT2D eigenvalue weighted by molar-refractivity contribution is -0.190. The lowest BCUT2D eigenvalue weighted by Crippen LogP contribution is -2.56. The van der Waals surface area contributed by atoms with E-state index in [2.05, 4.69) is 6.58 Å². The molecule has 2 saturated heterocycles. The van der Waals surface area contributed by atoms with Gasteiger partial charge in [-0.3, -0.25) is 4.79 Å². The van der Waals surface area contributed by atoms with Crippen molar-refractivity contribution >= 4 is 5.91 Å². The van der Waals surface area contributed by atoms with E-state index in [9.17, 15) is 15.0 Å². The Morgan fingerprint density at radius 2 is 2.26 bits per heavy atom. The van der Waals surface area contributed by atoms with E-state index in [1.165, 1.54) is 4.90 Å². The summed E-state index contributed by atoms with van der Waals surface area (Å²) in [6, 6.07) is -1.44. The molecule has 0 aromatic heterocycles. The number of aliphatic hydroxyl groups is 2. The highest BCUT2D eigenvalue weighted by Crippen LogP contribution is 2.37. The molecule has 2 aliphatic rings. The first kappa shape index (κ1) is 14.5. The Hall–Kier alpha value is -0.950. The van der Waals surface area contributed by atoms with Gasteiger partial charge in [-0.25, -0.2) is 0 Å². The molecule has 6 heteroatoms. The van der Waals surface area contributed by atoms with Crippen LogP contribution in [-0.2, 0) is 9.53 Å². The molecule has 1 amide bonds. The highest BCUT2D eigenvalue weighted by atomic mass is 16.6. The van der Waals surface area contributed by atoms with Gasteiger partial charge in [-0.15, -0.1) is 0 Å². The second-order valence-corrected chi connectivity index (χ2v) is 5.92. The van der Waals surface area contributed by atoms with Crippen molar-refractivity contribution in [3.8, 4) is 0 Å². The lowest BCUT2D eigenvalue weighted by atomic mass is 10.0. The molecule has 4 N–H and O–H groups in total. The van der Waals surface area contributed by atoms with E-state index in [0.717, 1.165) is 0 Å². The summed E-state index contributed by atoms with van der Waals surface area (Å²) in [5.41, 5.74) is 6.57. The van der Waals surface area contributed by atoms with E-state index in [4.69, 9.17) is 10.5 Å². The van der Waals surface area contributed by atoms with Crippen LogP contribution in [-0.4, -0.2) is 58.1 Å². The fourth-order valence-corrected chi connectivity index (χ4v) is 2.83. The zero-order valence-corrected chi connectivity index (χ0v) is 11.4. The van der Waals surface area contributed by atoms with Crippen LogP contribution in [0.25, 0.3) is 0 Å². The van der Waals surface area contributed by atoms with Gasteiger partial charge >= 0.3 is 0 Å². The molecular formula is C13H22N2O4. The number of amides is 1. The van der Waals surface area contributed by atoms with Crippen molar-refractivity contribution in [2.24, 2.45) is 11.7 Å². The monoisotopic (exact) mass is 270 g/mol. The van der Waals surface area contributed by atoms with Gasteiger partial charge in [0.25, 0.3) is 0 Å². The minimum atomic E-state index is -2.03. The van der Waals surface area contributed by atoms with Crippen molar-refractivity contribution in [1.82, 2.24) is 4.90 Å². The first-order valence-electron chi connectivity index (χ1n) is 6.54. The van der Waals surface area contributed by atoms with Crippen LogP contribution in [0, 0.1) is 5.92 Å². The Morgan fingerprint density at radius 1 is 1.63 bits per heavy atom. The number of ether oxygens (including phenoxy) is 1. The smallest absolute Gasteiger partial charge is 0.240 e. The van der Waals surface area contributed by atoms with Gasteiger partial charge in [0.15, 0.2) is 0 Å². The van der Waals surface area contributed by atoms with Crippen molar-refractivity contribution in [2.75, 3.05) is 13.2 Å². The van der Waals surface area contributed by atoms with E-state index in [1.807, 2.05) is 13.8 Å². The normalized spacial score (nSPS) is 30.8. The molecule has 2 heterocycles. The third kappa shape index (κ3) is 2.53. The summed E-state index contributed by atoms with van der Waals surface area (Å²) in [5, 5.41) is 19.8. The van der Waals surface area contributed by atoms with Gasteiger partial charge in [0.2, 0.25) is 11.7 Å². The van der Waals surface area contributed by atoms with Crippen molar-refractivity contribution in [2.45, 2.75) is 44.2 Å². The summed E-state index contributed by atoms with van der Waals surface area (Å²) in [6.07, 6.45) is 0.0504. The average Bonchev–Trinajstić information content (AvgIpc) is 2.77. The number of nitrogens with zero attached hydrogens (tertiary/aromatic N) is 1. The van der Waals surface area contributed by atoms with Gasteiger partial charge in [-0.1, -0.05) is 20.4 Å². The molecule has 0 radical (unpaired) electrons. The van der Waals surface area contributed by atoms with E-state index < -0.39 is 24.0 Å². The van der Waals surface area contributed by atoms with Crippen molar-refractivity contribution < 1.29 is 19.7 Å². The van der Waals surface area contributed by atoms with Crippen molar-refractivity contribution in [3.63, 3.8) is 0 Å². The van der Waals surface area contributed by atoms with Gasteiger partial charge in [0, 0.05) is 6.54 Å². The zero-order chi connectivity index (χ0) is 14.4. The number of likely N-dealkylation sites (tertiary alicyclic amines) is 1. The molecule has 108 valence electrons. The van der Waals surface area contributed by atoms with Crippen LogP contribution in [0.1, 0.15) is 20.3 Å². The van der Waals surface area contributed by atoms with Gasteiger partial charge in [-0.05, 0) is 17.9 Å². The molecule has 0 aromatic carbocycles. The predicted molar refractivity (Wildman–Crippen MR) is 69.0 cm³/mol. The summed E-state index contributed by atoms with van der Waals surface area (Å²) in [7, 11) is 0. The number of hydrogen-bond acceptors (Lipinski definition) is 5. The highest BCUT2D eigenvalue weighted by Gasteiger charge is 2.57. The summed E-state index contributed by atoms with van der Waals surface area (Å²) in [6.45, 7) is 7.85. The largest absolute Gasteiger partial charge is 0.366 e. The SMILES string of the molecule is C=C1CN(C(=O)[C@@H](N)CC(C)C)[C@H]2[C@@H]1OCC2(O)O. The third-order valence-electron chi connectivity index (χ3n) is 3.67. The molecule has 0 bridgehead atoms. The molecule has 2 aliphatic heterocycles. The lowest BCUT2D eigenvalue weighted by Gasteiger charge is -2.31. The fraction of sp³-hybridized carbons (Fsp3) is 0.769. The number of rotatable bonds is 3. The summed E-state index contributed by atoms with van der Waals surface area (Å²) >= 11 is 0. The molecule has 6 nitrogen and oxygen atoms in total. The molecule has 0 saturated carbocycles. The van der Waals surface area contributed by atoms with Crippen LogP contribution in [0.4, 0.5) is 0 Å². The van der Waals surface area contributed by atoms with Crippen LogP contribution >= 0.6 is 0 Å². The maximum Gasteiger partial charge on any atom is 0.240 e. The minimum absolute atomic E-state index is 0.218. The topological polar surface area (TPSA) is 96.0 Å². The Morgan fingerprint density at radius 3 is 2.84 bits per heavy atom. The van der Waals surface area contributed by atoms with Crippen LogP contribution in [0.3, 0.4) is 0 Å². The molecule has 0 aliphatic carbocycles. The highest BCUT2D eigenvalue weighted by molar-refractivity contribution is 5.83. The van der Waals surface area contributed by atoms with E-state index in [1.54, 1.807) is 0 Å². The molecule has 3 atom stereocenters. The molecule has 2 rings (SSSR count). The van der Waals surface area contributed by atoms with Gasteiger partial charge in [0.05, 0.1) is 6.04 Å². The quantitative estimate of drug-likeness (QED) is 0.461. The number of nitrogens with two attached hydrogens (primary N) is 1. The summed E-state index contributed by atoms with van der Waals surface area (Å²) in [4.78, 5) is 13.7. The van der Waals surface area contributed by atoms with Gasteiger partial charge in [0.1, 0.15) is 18.8 Å². The Bertz CT molecular complexity index is 394. The van der Waals surface area contributed by atoms with Crippen LogP contribution in [0.2, 0.25) is 0 Å². The number of fused-ring (bicyclic) bond motifs is 1. The summed E-state index contributed by atoms with van der Waals surface area (Å²) < 4.78 is 5.31. The zero-order valence-electron chi connectivity index (χ0n) is 11.4. The fourth-order valence-electron chi connectivity index (χ4n) is 2.83. The van der Waals surface area contributed by atoms with E-state index in [-0.39, 0.29) is 19.1 Å². The number of carbonyl (C=O) groups excluding carboxylic acids is 1. The standard InChI is InChI=1S/C13H22N2O4/c1-7(2)4-9(14)12(16)15-5-8(3)10-11(15)13(17,18)6-19-10/h7,9-11,17-18H,3-6,14H2,1-2H3/t9-,10+,11-/m0/s1. The van der Waals surface area contributed by atoms with E-state index in [0.29, 0.717) is 17.9 Å². The number of carbonyl (C=O) groups is 1. The van der Waals surface area contributed by atoms with Crippen molar-refractivity contribution in [1.29, 1.82) is 0 Å². The van der Waals surface area contributed by atoms with Crippen LogP contribution in [0.5, 0.6) is 0 Å². The minimum Gasteiger partial charge on any atom is -0.366 e. The Kier molecular flexibility index (Phi) is 3.70. The van der Waals surface area contributed by atoms with E-state index >= 15 is 0 Å². The van der Waals surface area contributed by atoms with Gasteiger partial charge < -0.3 is 25.6 Å². The third-order valence-corrected chi connectivity index (χ3v) is 3.67. The molecule has 2 fully saturated rings. The molecule has 19 heavy (non-hydrogen) atoms. The van der Waals surface area contributed by atoms with Crippen LogP contribution in [0.15, 0.2) is 12.2 Å². The molecule has 0 spiro atoms. The van der Waals surface area contributed by atoms with Crippen LogP contribution < -0.4 is 5.73 Å². The first-order valence-corrected chi connectivity index (χ1v) is 6.54. The molecular weight excluding hydrogens is 248 g/mol.